The van der Waals surface area contributed by atoms with Gasteiger partial charge in [-0.2, -0.15) is 11.8 Å². The molecule has 1 heterocycles. The molecule has 0 aromatic heterocycles. The summed E-state index contributed by atoms with van der Waals surface area (Å²) in [7, 11) is 0. The van der Waals surface area contributed by atoms with Gasteiger partial charge in [0.1, 0.15) is 5.54 Å². The van der Waals surface area contributed by atoms with E-state index < -0.39 is 23.3 Å². The van der Waals surface area contributed by atoms with E-state index in [1.165, 1.54) is 11.8 Å². The predicted octanol–water partition coefficient (Wildman–Crippen LogP) is 1.89. The van der Waals surface area contributed by atoms with Crippen molar-refractivity contribution >= 4 is 23.6 Å². The summed E-state index contributed by atoms with van der Waals surface area (Å²) in [4.78, 5) is 23.3. The van der Waals surface area contributed by atoms with Crippen molar-refractivity contribution in [3.63, 3.8) is 0 Å². The number of carboxylic acids is 1. The minimum Gasteiger partial charge on any atom is -0.479 e. The molecule has 0 spiro atoms. The van der Waals surface area contributed by atoms with Gasteiger partial charge in [-0.1, -0.05) is 0 Å². The van der Waals surface area contributed by atoms with Gasteiger partial charge in [-0.05, 0) is 25.0 Å². The summed E-state index contributed by atoms with van der Waals surface area (Å²) >= 11 is 1.48. The lowest BCUT2D eigenvalue weighted by molar-refractivity contribution is -0.148. The van der Waals surface area contributed by atoms with Crippen molar-refractivity contribution in [2.75, 3.05) is 11.5 Å². The molecule has 108 valence electrons. The van der Waals surface area contributed by atoms with Crippen LogP contribution >= 0.6 is 11.8 Å². The molecule has 2 N–H and O–H groups in total. The van der Waals surface area contributed by atoms with Crippen molar-refractivity contribution in [3.05, 3.63) is 0 Å². The Bertz CT molecular complexity index is 373. The molecule has 0 aromatic rings. The third-order valence-electron chi connectivity index (χ3n) is 3.88. The molecular weight excluding hydrogens is 276 g/mol. The van der Waals surface area contributed by atoms with Crippen LogP contribution in [-0.2, 0) is 9.59 Å². The summed E-state index contributed by atoms with van der Waals surface area (Å²) in [5, 5.41) is 11.8. The molecule has 1 atom stereocenters. The lowest BCUT2D eigenvalue weighted by Crippen LogP contribution is -2.56. The number of hydrogen-bond acceptors (Lipinski definition) is 3. The van der Waals surface area contributed by atoms with E-state index in [1.54, 1.807) is 0 Å². The second-order valence-electron chi connectivity index (χ2n) is 5.31. The van der Waals surface area contributed by atoms with E-state index in [0.717, 1.165) is 0 Å². The van der Waals surface area contributed by atoms with Gasteiger partial charge < -0.3 is 10.4 Å². The summed E-state index contributed by atoms with van der Waals surface area (Å²) in [5.41, 5.74) is -1.21. The molecule has 7 heteroatoms. The first-order valence-corrected chi connectivity index (χ1v) is 7.51. The van der Waals surface area contributed by atoms with Crippen LogP contribution in [0.25, 0.3) is 0 Å². The van der Waals surface area contributed by atoms with E-state index in [1.807, 2.05) is 0 Å². The Morgan fingerprint density at radius 1 is 1.21 bits per heavy atom. The Balaban J connectivity index is 1.95. The molecule has 2 fully saturated rings. The number of rotatable bonds is 3. The summed E-state index contributed by atoms with van der Waals surface area (Å²) in [6.45, 7) is 0. The lowest BCUT2D eigenvalue weighted by Gasteiger charge is -2.31. The molecule has 1 aliphatic heterocycles. The van der Waals surface area contributed by atoms with Crippen LogP contribution in [0.1, 0.15) is 32.1 Å². The lowest BCUT2D eigenvalue weighted by atomic mass is 9.85. The molecule has 1 saturated heterocycles. The van der Waals surface area contributed by atoms with E-state index in [4.69, 9.17) is 0 Å². The maximum absolute atomic E-state index is 13.0. The molecule has 2 rings (SSSR count). The molecule has 1 amide bonds. The highest BCUT2D eigenvalue weighted by Gasteiger charge is 2.45. The average molecular weight is 293 g/mol. The number of carbonyl (C=O) groups excluding carboxylic acids is 1. The summed E-state index contributed by atoms with van der Waals surface area (Å²) in [6, 6.07) is 0. The van der Waals surface area contributed by atoms with Crippen LogP contribution in [0.15, 0.2) is 0 Å². The number of nitrogens with one attached hydrogen (secondary N) is 1. The Morgan fingerprint density at radius 2 is 1.84 bits per heavy atom. The quantitative estimate of drug-likeness (QED) is 0.834. The molecule has 2 aliphatic rings. The molecular formula is C12H17F2NO3S. The number of aliphatic carboxylic acids is 1. The fourth-order valence-electron chi connectivity index (χ4n) is 2.53. The molecule has 0 bridgehead atoms. The van der Waals surface area contributed by atoms with Crippen LogP contribution in [0.5, 0.6) is 0 Å². The zero-order chi connectivity index (χ0) is 14.1. The van der Waals surface area contributed by atoms with Crippen LogP contribution in [0.4, 0.5) is 8.78 Å². The number of halogens is 2. The summed E-state index contributed by atoms with van der Waals surface area (Å²) < 4.78 is 26.0. The number of carboxylic acid groups (broad SMARTS) is 1. The maximum Gasteiger partial charge on any atom is 0.330 e. The first kappa shape index (κ1) is 14.6. The van der Waals surface area contributed by atoms with Gasteiger partial charge in [0.05, 0.1) is 0 Å². The third-order valence-corrected chi connectivity index (χ3v) is 5.07. The Morgan fingerprint density at radius 3 is 2.32 bits per heavy atom. The third kappa shape index (κ3) is 3.19. The van der Waals surface area contributed by atoms with Gasteiger partial charge in [0.25, 0.3) is 0 Å². The molecule has 0 radical (unpaired) electrons. The molecule has 4 nitrogen and oxygen atoms in total. The summed E-state index contributed by atoms with van der Waals surface area (Å²) in [6.07, 6.45) is 0.0603. The summed E-state index contributed by atoms with van der Waals surface area (Å²) in [5.74, 6) is -3.55. The number of amides is 1. The van der Waals surface area contributed by atoms with Crippen molar-refractivity contribution in [1.82, 2.24) is 5.32 Å². The van der Waals surface area contributed by atoms with Crippen molar-refractivity contribution in [2.45, 2.75) is 43.6 Å². The fourth-order valence-corrected chi connectivity index (χ4v) is 3.85. The predicted molar refractivity (Wildman–Crippen MR) is 67.4 cm³/mol. The standard InChI is InChI=1S/C12H17F2NO3S/c13-12(14)3-1-8(2-4-12)9(16)15-11(10(17)18)5-6-19-7-11/h8H,1-7H2,(H,15,16)(H,17,18). The van der Waals surface area contributed by atoms with E-state index in [2.05, 4.69) is 5.32 Å². The smallest absolute Gasteiger partial charge is 0.330 e. The minimum atomic E-state index is -2.68. The normalized spacial score (nSPS) is 31.1. The largest absolute Gasteiger partial charge is 0.479 e. The second kappa shape index (κ2) is 5.26. The second-order valence-corrected chi connectivity index (χ2v) is 6.41. The highest BCUT2D eigenvalue weighted by Crippen LogP contribution is 2.37. The van der Waals surface area contributed by atoms with Crippen molar-refractivity contribution in [1.29, 1.82) is 0 Å². The SMILES string of the molecule is O=C(NC1(C(=O)O)CCSC1)C1CCC(F)(F)CC1. The minimum absolute atomic E-state index is 0.127. The van der Waals surface area contributed by atoms with Crippen molar-refractivity contribution in [2.24, 2.45) is 5.92 Å². The van der Waals surface area contributed by atoms with Gasteiger partial charge in [0.15, 0.2) is 0 Å². The first-order chi connectivity index (χ1) is 8.85. The van der Waals surface area contributed by atoms with Gasteiger partial charge in [-0.25, -0.2) is 13.6 Å². The zero-order valence-electron chi connectivity index (χ0n) is 10.5. The van der Waals surface area contributed by atoms with Crippen LogP contribution in [-0.4, -0.2) is 40.0 Å². The van der Waals surface area contributed by atoms with Gasteiger partial charge in [0, 0.05) is 24.5 Å². The highest BCUT2D eigenvalue weighted by molar-refractivity contribution is 7.99. The van der Waals surface area contributed by atoms with Crippen LogP contribution in [0, 0.1) is 5.92 Å². The van der Waals surface area contributed by atoms with Crippen molar-refractivity contribution < 1.29 is 23.5 Å². The van der Waals surface area contributed by atoms with Gasteiger partial charge in [-0.3, -0.25) is 4.79 Å². The van der Waals surface area contributed by atoms with E-state index in [-0.39, 0.29) is 31.6 Å². The molecule has 19 heavy (non-hydrogen) atoms. The van der Waals surface area contributed by atoms with Crippen LogP contribution in [0.3, 0.4) is 0 Å². The number of alkyl halides is 2. The molecule has 1 saturated carbocycles. The zero-order valence-corrected chi connectivity index (χ0v) is 11.3. The molecule has 1 aliphatic carbocycles. The van der Waals surface area contributed by atoms with E-state index in [9.17, 15) is 23.5 Å². The Labute approximate surface area is 114 Å². The van der Waals surface area contributed by atoms with Gasteiger partial charge >= 0.3 is 5.97 Å². The van der Waals surface area contributed by atoms with Gasteiger partial charge in [-0.15, -0.1) is 0 Å². The number of thioether (sulfide) groups is 1. The highest BCUT2D eigenvalue weighted by atomic mass is 32.2. The maximum atomic E-state index is 13.0. The Hall–Kier alpha value is -0.850. The van der Waals surface area contributed by atoms with Crippen LogP contribution in [0.2, 0.25) is 0 Å². The topological polar surface area (TPSA) is 66.4 Å². The van der Waals surface area contributed by atoms with E-state index in [0.29, 0.717) is 17.9 Å². The molecule has 1 unspecified atom stereocenters. The fraction of sp³-hybridized carbons (Fsp3) is 0.833. The Kier molecular flexibility index (Phi) is 4.03. The first-order valence-electron chi connectivity index (χ1n) is 6.36. The van der Waals surface area contributed by atoms with E-state index >= 15 is 0 Å². The van der Waals surface area contributed by atoms with Crippen LogP contribution < -0.4 is 5.32 Å². The van der Waals surface area contributed by atoms with Gasteiger partial charge in [0.2, 0.25) is 11.8 Å². The van der Waals surface area contributed by atoms with Crippen molar-refractivity contribution in [3.8, 4) is 0 Å². The monoisotopic (exact) mass is 293 g/mol. The number of hydrogen-bond donors (Lipinski definition) is 2. The average Bonchev–Trinajstić information content (AvgIpc) is 2.78. The number of carbonyl (C=O) groups is 2. The molecule has 0 aromatic carbocycles.